The summed E-state index contributed by atoms with van der Waals surface area (Å²) in [5.41, 5.74) is 5.35. The first-order valence-electron chi connectivity index (χ1n) is 23.2. The van der Waals surface area contributed by atoms with E-state index in [4.69, 9.17) is 24.3 Å². The summed E-state index contributed by atoms with van der Waals surface area (Å²) in [7, 11) is -4.37. The van der Waals surface area contributed by atoms with Gasteiger partial charge in [0.25, 0.3) is 0 Å². The standard InChI is InChI=1S/C45H88NO8P/c1-3-5-7-9-11-13-15-17-19-21-23-25-27-29-31-33-35-37-44(47)51-41-43(42-53-55(49,50)52-40-39-46)54-45(48)38-36-34-32-30-28-26-24-22-20-18-16-14-12-10-8-6-4-2/h18,20,43H,3-17,19,21-42,46H2,1-2H3,(H,49,50)/t43-/m1/s1. The molecule has 10 heteroatoms. The predicted octanol–water partition coefficient (Wildman–Crippen LogP) is 13.4. The van der Waals surface area contributed by atoms with E-state index in [1.807, 2.05) is 0 Å². The first kappa shape index (κ1) is 53.8. The zero-order valence-electron chi connectivity index (χ0n) is 35.9. The molecule has 0 spiro atoms. The molecule has 9 nitrogen and oxygen atoms in total. The molecule has 0 saturated heterocycles. The Bertz CT molecular complexity index is 917. The Labute approximate surface area is 339 Å². The summed E-state index contributed by atoms with van der Waals surface area (Å²) < 4.78 is 32.8. The van der Waals surface area contributed by atoms with Gasteiger partial charge in [-0.3, -0.25) is 18.6 Å². The number of ether oxygens (including phenoxy) is 2. The lowest BCUT2D eigenvalue weighted by Crippen LogP contribution is -2.29. The van der Waals surface area contributed by atoms with Crippen LogP contribution in [0, 0.1) is 0 Å². The third-order valence-corrected chi connectivity index (χ3v) is 11.1. The summed E-state index contributed by atoms with van der Waals surface area (Å²) >= 11 is 0. The van der Waals surface area contributed by atoms with Gasteiger partial charge >= 0.3 is 19.8 Å². The van der Waals surface area contributed by atoms with Crippen LogP contribution in [0.15, 0.2) is 12.2 Å². The van der Waals surface area contributed by atoms with Crippen molar-refractivity contribution in [2.45, 2.75) is 238 Å². The molecule has 1 unspecified atom stereocenters. The molecule has 0 aromatic rings. The van der Waals surface area contributed by atoms with Crippen molar-refractivity contribution in [2.24, 2.45) is 5.73 Å². The summed E-state index contributed by atoms with van der Waals surface area (Å²) in [5.74, 6) is -0.820. The highest BCUT2D eigenvalue weighted by atomic mass is 31.2. The smallest absolute Gasteiger partial charge is 0.462 e. The van der Waals surface area contributed by atoms with Gasteiger partial charge in [0, 0.05) is 19.4 Å². The molecule has 55 heavy (non-hydrogen) atoms. The largest absolute Gasteiger partial charge is 0.472 e. The van der Waals surface area contributed by atoms with Crippen molar-refractivity contribution in [2.75, 3.05) is 26.4 Å². The van der Waals surface area contributed by atoms with E-state index in [1.165, 1.54) is 154 Å². The van der Waals surface area contributed by atoms with E-state index in [9.17, 15) is 19.0 Å². The van der Waals surface area contributed by atoms with Crippen LogP contribution in [0.3, 0.4) is 0 Å². The molecule has 0 bridgehead atoms. The maximum Gasteiger partial charge on any atom is 0.472 e. The Morgan fingerprint density at radius 3 is 1.29 bits per heavy atom. The van der Waals surface area contributed by atoms with E-state index in [1.54, 1.807) is 0 Å². The average molecular weight is 802 g/mol. The highest BCUT2D eigenvalue weighted by Gasteiger charge is 2.26. The van der Waals surface area contributed by atoms with E-state index in [0.717, 1.165) is 44.9 Å². The molecule has 3 N–H and O–H groups in total. The Hall–Kier alpha value is -1.25. The molecule has 0 radical (unpaired) electrons. The van der Waals surface area contributed by atoms with Crippen LogP contribution in [0.5, 0.6) is 0 Å². The number of unbranched alkanes of at least 4 members (excludes halogenated alkanes) is 29. The molecule has 0 rings (SSSR count). The van der Waals surface area contributed by atoms with Gasteiger partial charge in [0.1, 0.15) is 6.61 Å². The van der Waals surface area contributed by atoms with Crippen molar-refractivity contribution in [3.05, 3.63) is 12.2 Å². The van der Waals surface area contributed by atoms with Crippen LogP contribution in [0.25, 0.3) is 0 Å². The fraction of sp³-hybridized carbons (Fsp3) is 0.911. The van der Waals surface area contributed by atoms with Crippen molar-refractivity contribution < 1.29 is 37.6 Å². The lowest BCUT2D eigenvalue weighted by molar-refractivity contribution is -0.161. The number of hydrogen-bond donors (Lipinski definition) is 2. The van der Waals surface area contributed by atoms with Gasteiger partial charge in [0.05, 0.1) is 13.2 Å². The molecule has 0 heterocycles. The van der Waals surface area contributed by atoms with Gasteiger partial charge < -0.3 is 20.1 Å². The minimum atomic E-state index is -4.37. The Kier molecular flexibility index (Phi) is 41.4. The number of carbonyl (C=O) groups excluding carboxylic acids is 2. The molecule has 0 amide bonds. The number of nitrogens with two attached hydrogens (primary N) is 1. The normalized spacial score (nSPS) is 13.3. The summed E-state index contributed by atoms with van der Waals surface area (Å²) in [6.45, 7) is 3.76. The summed E-state index contributed by atoms with van der Waals surface area (Å²) in [6, 6.07) is 0. The molecule has 326 valence electrons. The number of esters is 2. The van der Waals surface area contributed by atoms with E-state index < -0.39 is 26.5 Å². The highest BCUT2D eigenvalue weighted by molar-refractivity contribution is 7.47. The zero-order chi connectivity index (χ0) is 40.3. The van der Waals surface area contributed by atoms with E-state index >= 15 is 0 Å². The lowest BCUT2D eigenvalue weighted by atomic mass is 10.0. The van der Waals surface area contributed by atoms with Crippen molar-refractivity contribution in [1.29, 1.82) is 0 Å². The van der Waals surface area contributed by atoms with Crippen molar-refractivity contribution >= 4 is 19.8 Å². The Balaban J connectivity index is 4.08. The van der Waals surface area contributed by atoms with Crippen LogP contribution in [0.2, 0.25) is 0 Å². The second-order valence-electron chi connectivity index (χ2n) is 15.6. The second kappa shape index (κ2) is 42.4. The summed E-state index contributed by atoms with van der Waals surface area (Å²) in [5, 5.41) is 0. The lowest BCUT2D eigenvalue weighted by Gasteiger charge is -2.19. The van der Waals surface area contributed by atoms with Gasteiger partial charge in [0.2, 0.25) is 0 Å². The molecule has 0 aliphatic carbocycles. The number of carbonyl (C=O) groups is 2. The van der Waals surface area contributed by atoms with E-state index in [-0.39, 0.29) is 38.6 Å². The first-order valence-corrected chi connectivity index (χ1v) is 24.7. The van der Waals surface area contributed by atoms with Crippen LogP contribution in [-0.4, -0.2) is 49.3 Å². The molecule has 0 aromatic carbocycles. The van der Waals surface area contributed by atoms with Crippen LogP contribution in [0.1, 0.15) is 232 Å². The monoisotopic (exact) mass is 802 g/mol. The molecule has 2 atom stereocenters. The van der Waals surface area contributed by atoms with Crippen LogP contribution >= 0.6 is 7.82 Å². The number of hydrogen-bond acceptors (Lipinski definition) is 8. The number of allylic oxidation sites excluding steroid dienone is 2. The van der Waals surface area contributed by atoms with E-state index in [2.05, 4.69) is 26.0 Å². The van der Waals surface area contributed by atoms with Gasteiger partial charge in [-0.25, -0.2) is 4.57 Å². The number of phosphoric acid groups is 1. The second-order valence-corrected chi connectivity index (χ2v) is 17.1. The SMILES string of the molecule is CCCCCCCCC=CCCCCCCCCCC(=O)O[C@H](COC(=O)CCCCCCCCCCCCCCCCCCC)COP(=O)(O)OCCN. The minimum Gasteiger partial charge on any atom is -0.462 e. The average Bonchev–Trinajstić information content (AvgIpc) is 3.17. The quantitative estimate of drug-likeness (QED) is 0.0267. The summed E-state index contributed by atoms with van der Waals surface area (Å²) in [4.78, 5) is 34.9. The summed E-state index contributed by atoms with van der Waals surface area (Å²) in [6.07, 6.45) is 43.8. The van der Waals surface area contributed by atoms with Crippen molar-refractivity contribution in [3.63, 3.8) is 0 Å². The zero-order valence-corrected chi connectivity index (χ0v) is 36.8. The van der Waals surface area contributed by atoms with E-state index in [0.29, 0.717) is 6.42 Å². The van der Waals surface area contributed by atoms with Crippen molar-refractivity contribution in [3.8, 4) is 0 Å². The Morgan fingerprint density at radius 1 is 0.527 bits per heavy atom. The maximum atomic E-state index is 12.6. The van der Waals surface area contributed by atoms with Gasteiger partial charge in [-0.15, -0.1) is 0 Å². The highest BCUT2D eigenvalue weighted by Crippen LogP contribution is 2.43. The molecule has 0 aliphatic heterocycles. The number of rotatable bonds is 44. The topological polar surface area (TPSA) is 134 Å². The molecular formula is C45H88NO8P. The molecule has 0 fully saturated rings. The number of phosphoric ester groups is 1. The van der Waals surface area contributed by atoms with Gasteiger partial charge in [-0.1, -0.05) is 193 Å². The van der Waals surface area contributed by atoms with Crippen molar-refractivity contribution in [1.82, 2.24) is 0 Å². The maximum absolute atomic E-state index is 12.6. The molecular weight excluding hydrogens is 713 g/mol. The molecule has 0 aromatic heterocycles. The fourth-order valence-electron chi connectivity index (χ4n) is 6.69. The van der Waals surface area contributed by atoms with Gasteiger partial charge in [-0.05, 0) is 38.5 Å². The molecule has 0 aliphatic rings. The Morgan fingerprint density at radius 2 is 0.891 bits per heavy atom. The minimum absolute atomic E-state index is 0.0556. The molecule has 0 saturated carbocycles. The van der Waals surface area contributed by atoms with Gasteiger partial charge in [0.15, 0.2) is 6.10 Å². The third kappa shape index (κ3) is 42.2. The van der Waals surface area contributed by atoms with Gasteiger partial charge in [-0.2, -0.15) is 0 Å². The predicted molar refractivity (Wildman–Crippen MR) is 229 cm³/mol. The van der Waals surface area contributed by atoms with Crippen LogP contribution < -0.4 is 5.73 Å². The first-order chi connectivity index (χ1) is 26.8. The van der Waals surface area contributed by atoms with Crippen LogP contribution in [-0.2, 0) is 32.7 Å². The van der Waals surface area contributed by atoms with Crippen LogP contribution in [0.4, 0.5) is 0 Å². The fourth-order valence-corrected chi connectivity index (χ4v) is 7.45. The third-order valence-electron chi connectivity index (χ3n) is 10.2.